The Morgan fingerprint density at radius 2 is 2.53 bits per heavy atom. The minimum atomic E-state index is -0.365. The van der Waals surface area contributed by atoms with Crippen molar-refractivity contribution in [3.63, 3.8) is 0 Å². The molecule has 94 valence electrons. The van der Waals surface area contributed by atoms with Gasteiger partial charge in [0, 0.05) is 18.7 Å². The molecular weight excluding hydrogens is 218 g/mol. The van der Waals surface area contributed by atoms with Gasteiger partial charge in [0.2, 0.25) is 0 Å². The number of hydrogen-bond donors (Lipinski definition) is 2. The smallest absolute Gasteiger partial charge is 0.301 e. The Hall–Kier alpha value is -1.33. The van der Waals surface area contributed by atoms with Crippen LogP contribution in [0.1, 0.15) is 35.9 Å². The molecule has 2 rings (SSSR count). The molecule has 2 heterocycles. The molecule has 0 radical (unpaired) electrons. The zero-order chi connectivity index (χ0) is 12.3. The van der Waals surface area contributed by atoms with Crippen molar-refractivity contribution in [2.24, 2.45) is 11.8 Å². The third-order valence-electron chi connectivity index (χ3n) is 3.43. The molecular formula is C12H19N3O2. The standard InChI is InChI=1S/C12H19N3O2/c1-2-9-3-5-15(7-9)8-10-4-6-17-11(10)12(16)14-13/h4,6,9H,2-3,5,7-8,13H2,1H3,(H,14,16). The van der Waals surface area contributed by atoms with E-state index in [2.05, 4.69) is 17.2 Å². The molecule has 1 amide bonds. The Morgan fingerprint density at radius 1 is 1.71 bits per heavy atom. The fourth-order valence-electron chi connectivity index (χ4n) is 2.36. The minimum absolute atomic E-state index is 0.326. The predicted molar refractivity (Wildman–Crippen MR) is 64.0 cm³/mol. The molecule has 5 heteroatoms. The van der Waals surface area contributed by atoms with E-state index >= 15 is 0 Å². The molecule has 1 atom stereocenters. The van der Waals surface area contributed by atoms with Crippen molar-refractivity contribution in [1.82, 2.24) is 10.3 Å². The third-order valence-corrected chi connectivity index (χ3v) is 3.43. The maximum atomic E-state index is 11.4. The zero-order valence-electron chi connectivity index (χ0n) is 10.1. The van der Waals surface area contributed by atoms with Crippen molar-refractivity contribution < 1.29 is 9.21 Å². The zero-order valence-corrected chi connectivity index (χ0v) is 10.1. The SMILES string of the molecule is CCC1CCN(Cc2ccoc2C(=O)NN)C1. The summed E-state index contributed by atoms with van der Waals surface area (Å²) in [7, 11) is 0. The highest BCUT2D eigenvalue weighted by molar-refractivity contribution is 5.92. The van der Waals surface area contributed by atoms with Crippen molar-refractivity contribution in [3.8, 4) is 0 Å². The number of hydrogen-bond acceptors (Lipinski definition) is 4. The van der Waals surface area contributed by atoms with Gasteiger partial charge < -0.3 is 4.42 Å². The summed E-state index contributed by atoms with van der Waals surface area (Å²) in [6.45, 7) is 5.17. The lowest BCUT2D eigenvalue weighted by atomic mass is 10.1. The Balaban J connectivity index is 2.00. The average Bonchev–Trinajstić information content (AvgIpc) is 2.97. The van der Waals surface area contributed by atoms with Crippen LogP contribution in [0.15, 0.2) is 16.7 Å². The summed E-state index contributed by atoms with van der Waals surface area (Å²) in [6, 6.07) is 1.84. The largest absolute Gasteiger partial charge is 0.459 e. The number of rotatable bonds is 4. The number of hydrazine groups is 1. The maximum Gasteiger partial charge on any atom is 0.301 e. The van der Waals surface area contributed by atoms with Crippen molar-refractivity contribution in [1.29, 1.82) is 0 Å². The molecule has 0 spiro atoms. The van der Waals surface area contributed by atoms with Gasteiger partial charge in [0.15, 0.2) is 5.76 Å². The van der Waals surface area contributed by atoms with E-state index in [0.29, 0.717) is 5.76 Å². The number of nitrogen functional groups attached to an aromatic ring is 1. The molecule has 1 aromatic heterocycles. The van der Waals surface area contributed by atoms with Crippen LogP contribution in [0.25, 0.3) is 0 Å². The molecule has 1 aromatic rings. The van der Waals surface area contributed by atoms with Gasteiger partial charge >= 0.3 is 5.91 Å². The van der Waals surface area contributed by atoms with Crippen LogP contribution in [0.2, 0.25) is 0 Å². The maximum absolute atomic E-state index is 11.4. The third kappa shape index (κ3) is 2.68. The van der Waals surface area contributed by atoms with Gasteiger partial charge in [-0.1, -0.05) is 13.3 Å². The van der Waals surface area contributed by atoms with E-state index < -0.39 is 0 Å². The lowest BCUT2D eigenvalue weighted by Crippen LogP contribution is -2.31. The molecule has 1 aliphatic rings. The van der Waals surface area contributed by atoms with Crippen molar-refractivity contribution in [3.05, 3.63) is 23.7 Å². The summed E-state index contributed by atoms with van der Waals surface area (Å²) in [6.07, 6.45) is 4.00. The first kappa shape index (κ1) is 12.1. The number of carbonyl (C=O) groups excluding carboxylic acids is 1. The van der Waals surface area contributed by atoms with Crippen LogP contribution in [0.3, 0.4) is 0 Å². The molecule has 1 unspecified atom stereocenters. The van der Waals surface area contributed by atoms with Gasteiger partial charge in [-0.3, -0.25) is 15.1 Å². The molecule has 1 aliphatic heterocycles. The van der Waals surface area contributed by atoms with E-state index in [1.807, 2.05) is 6.07 Å². The van der Waals surface area contributed by atoms with Crippen LogP contribution in [-0.2, 0) is 6.54 Å². The number of furan rings is 1. The molecule has 1 fully saturated rings. The van der Waals surface area contributed by atoms with Gasteiger partial charge in [0.05, 0.1) is 6.26 Å². The Bertz CT molecular complexity index is 389. The van der Waals surface area contributed by atoms with Crippen LogP contribution in [-0.4, -0.2) is 23.9 Å². The number of nitrogens with one attached hydrogen (secondary N) is 1. The first-order chi connectivity index (χ1) is 8.24. The Kier molecular flexibility index (Phi) is 3.81. The van der Waals surface area contributed by atoms with Crippen LogP contribution < -0.4 is 11.3 Å². The molecule has 5 nitrogen and oxygen atoms in total. The molecule has 3 N–H and O–H groups in total. The van der Waals surface area contributed by atoms with Crippen molar-refractivity contribution >= 4 is 5.91 Å². The highest BCUT2D eigenvalue weighted by atomic mass is 16.3. The van der Waals surface area contributed by atoms with E-state index in [9.17, 15) is 4.79 Å². The summed E-state index contributed by atoms with van der Waals surface area (Å²) in [4.78, 5) is 13.8. The monoisotopic (exact) mass is 237 g/mol. The lowest BCUT2D eigenvalue weighted by Gasteiger charge is -2.15. The predicted octanol–water partition coefficient (Wildman–Crippen LogP) is 1.12. The molecule has 0 saturated carbocycles. The number of likely N-dealkylation sites (tertiary alicyclic amines) is 1. The molecule has 0 aliphatic carbocycles. The van der Waals surface area contributed by atoms with Gasteiger partial charge in [-0.15, -0.1) is 0 Å². The highest BCUT2D eigenvalue weighted by Gasteiger charge is 2.23. The van der Waals surface area contributed by atoms with Crippen molar-refractivity contribution in [2.75, 3.05) is 13.1 Å². The summed E-state index contributed by atoms with van der Waals surface area (Å²) in [5, 5.41) is 0. The van der Waals surface area contributed by atoms with Crippen LogP contribution in [0, 0.1) is 5.92 Å². The number of carbonyl (C=O) groups is 1. The van der Waals surface area contributed by atoms with Gasteiger partial charge in [-0.2, -0.15) is 0 Å². The fraction of sp³-hybridized carbons (Fsp3) is 0.583. The lowest BCUT2D eigenvalue weighted by molar-refractivity contribution is 0.0923. The second kappa shape index (κ2) is 5.33. The summed E-state index contributed by atoms with van der Waals surface area (Å²) >= 11 is 0. The highest BCUT2D eigenvalue weighted by Crippen LogP contribution is 2.22. The van der Waals surface area contributed by atoms with E-state index in [1.165, 1.54) is 19.1 Å². The van der Waals surface area contributed by atoms with E-state index in [4.69, 9.17) is 10.3 Å². The van der Waals surface area contributed by atoms with Gasteiger partial charge in [-0.25, -0.2) is 5.84 Å². The van der Waals surface area contributed by atoms with E-state index in [-0.39, 0.29) is 5.91 Å². The number of amides is 1. The van der Waals surface area contributed by atoms with Crippen LogP contribution in [0.4, 0.5) is 0 Å². The van der Waals surface area contributed by atoms with Crippen LogP contribution in [0.5, 0.6) is 0 Å². The second-order valence-corrected chi connectivity index (χ2v) is 4.55. The molecule has 1 saturated heterocycles. The summed E-state index contributed by atoms with van der Waals surface area (Å²) < 4.78 is 5.16. The first-order valence-corrected chi connectivity index (χ1v) is 6.04. The van der Waals surface area contributed by atoms with Crippen LogP contribution >= 0.6 is 0 Å². The fourth-order valence-corrected chi connectivity index (χ4v) is 2.36. The summed E-state index contributed by atoms with van der Waals surface area (Å²) in [5.41, 5.74) is 3.01. The Labute approximate surface area is 101 Å². The normalized spacial score (nSPS) is 20.7. The quantitative estimate of drug-likeness (QED) is 0.467. The molecule has 17 heavy (non-hydrogen) atoms. The van der Waals surface area contributed by atoms with E-state index in [1.54, 1.807) is 0 Å². The second-order valence-electron chi connectivity index (χ2n) is 4.55. The van der Waals surface area contributed by atoms with Gasteiger partial charge in [-0.05, 0) is 24.9 Å². The molecule has 0 aromatic carbocycles. The van der Waals surface area contributed by atoms with Gasteiger partial charge in [0.25, 0.3) is 0 Å². The molecule has 0 bridgehead atoms. The first-order valence-electron chi connectivity index (χ1n) is 6.04. The number of nitrogens with two attached hydrogens (primary N) is 1. The van der Waals surface area contributed by atoms with E-state index in [0.717, 1.165) is 31.1 Å². The topological polar surface area (TPSA) is 71.5 Å². The Morgan fingerprint density at radius 3 is 3.18 bits per heavy atom. The van der Waals surface area contributed by atoms with Gasteiger partial charge in [0.1, 0.15) is 0 Å². The summed E-state index contributed by atoms with van der Waals surface area (Å²) in [5.74, 6) is 5.86. The van der Waals surface area contributed by atoms with Crippen molar-refractivity contribution in [2.45, 2.75) is 26.3 Å². The average molecular weight is 237 g/mol. The number of nitrogens with zero attached hydrogens (tertiary/aromatic N) is 1. The minimum Gasteiger partial charge on any atom is -0.459 e.